The van der Waals surface area contributed by atoms with E-state index in [0.29, 0.717) is 42.7 Å². The second-order valence-corrected chi connectivity index (χ2v) is 13.2. The van der Waals surface area contributed by atoms with Gasteiger partial charge in [-0.2, -0.15) is 5.10 Å². The lowest BCUT2D eigenvalue weighted by Gasteiger charge is -2.36. The van der Waals surface area contributed by atoms with Gasteiger partial charge in [0.25, 0.3) is 5.91 Å². The van der Waals surface area contributed by atoms with Gasteiger partial charge in [-0.05, 0) is 46.9 Å². The van der Waals surface area contributed by atoms with Crippen molar-refractivity contribution in [1.82, 2.24) is 4.90 Å². The van der Waals surface area contributed by atoms with E-state index in [1.807, 2.05) is 91.0 Å². The van der Waals surface area contributed by atoms with Crippen molar-refractivity contribution in [2.24, 2.45) is 11.0 Å². The summed E-state index contributed by atoms with van der Waals surface area (Å²) in [6.07, 6.45) is 5.02. The van der Waals surface area contributed by atoms with Crippen LogP contribution < -0.4 is 9.91 Å². The minimum Gasteiger partial charge on any atom is -0.394 e. The first-order chi connectivity index (χ1) is 24.3. The van der Waals surface area contributed by atoms with E-state index in [-0.39, 0.29) is 37.4 Å². The van der Waals surface area contributed by atoms with Gasteiger partial charge in [0.2, 0.25) is 11.8 Å². The largest absolute Gasteiger partial charge is 0.394 e. The van der Waals surface area contributed by atoms with Crippen LogP contribution >= 0.6 is 0 Å². The number of anilines is 2. The Morgan fingerprint density at radius 1 is 0.940 bits per heavy atom. The summed E-state index contributed by atoms with van der Waals surface area (Å²) >= 11 is 0. The molecule has 0 radical (unpaired) electrons. The molecule has 0 unspecified atom stereocenters. The number of rotatable bonds is 9. The average molecular weight is 669 g/mol. The molecule has 3 atom stereocenters. The minimum absolute atomic E-state index is 0.0785. The third-order valence-corrected chi connectivity index (χ3v) is 10.1. The number of carbonyl (C=O) groups is 3. The molecule has 3 amide bonds. The molecule has 0 aromatic heterocycles. The first-order valence-corrected chi connectivity index (χ1v) is 17.1. The van der Waals surface area contributed by atoms with E-state index in [0.717, 1.165) is 28.0 Å². The van der Waals surface area contributed by atoms with Gasteiger partial charge in [-0.3, -0.25) is 14.4 Å². The maximum absolute atomic E-state index is 14.2. The Morgan fingerprint density at radius 3 is 2.48 bits per heavy atom. The van der Waals surface area contributed by atoms with Crippen molar-refractivity contribution >= 4 is 34.8 Å². The van der Waals surface area contributed by atoms with Crippen molar-refractivity contribution in [2.75, 3.05) is 16.5 Å². The van der Waals surface area contributed by atoms with Crippen molar-refractivity contribution in [3.05, 3.63) is 143 Å². The van der Waals surface area contributed by atoms with E-state index in [1.165, 1.54) is 5.01 Å². The molecule has 3 aliphatic heterocycles. The summed E-state index contributed by atoms with van der Waals surface area (Å²) in [7, 11) is 0. The SMILES string of the molecule is C[C@H](/C=C/CC(=O)N1Cc2ccccc2C[C@H]1CO)[C@@]1(O)C(=O)N(Cc2cccc(N3N=C(c4ccccc4)CCC3=O)c2)c2ccccc21. The number of amides is 3. The Labute approximate surface area is 291 Å². The maximum atomic E-state index is 14.2. The monoisotopic (exact) mass is 668 g/mol. The number of hydrogen-bond acceptors (Lipinski definition) is 6. The predicted octanol–water partition coefficient (Wildman–Crippen LogP) is 5.48. The molecule has 2 N–H and O–H groups in total. The van der Waals surface area contributed by atoms with Gasteiger partial charge in [0.1, 0.15) is 0 Å². The van der Waals surface area contributed by atoms with Gasteiger partial charge in [0, 0.05) is 37.3 Å². The van der Waals surface area contributed by atoms with Gasteiger partial charge < -0.3 is 20.0 Å². The van der Waals surface area contributed by atoms with E-state index >= 15 is 0 Å². The second-order valence-electron chi connectivity index (χ2n) is 13.2. The van der Waals surface area contributed by atoms with Crippen LogP contribution in [-0.4, -0.2) is 51.2 Å². The Morgan fingerprint density at radius 2 is 1.68 bits per heavy atom. The summed E-state index contributed by atoms with van der Waals surface area (Å²) < 4.78 is 0. The highest BCUT2D eigenvalue weighted by Gasteiger charge is 2.52. The average Bonchev–Trinajstić information content (AvgIpc) is 3.37. The summed E-state index contributed by atoms with van der Waals surface area (Å²) in [5.74, 6) is -1.33. The molecule has 3 heterocycles. The first-order valence-electron chi connectivity index (χ1n) is 17.1. The van der Waals surface area contributed by atoms with Crippen LogP contribution in [0.1, 0.15) is 54.0 Å². The van der Waals surface area contributed by atoms with Crippen LogP contribution in [0, 0.1) is 5.92 Å². The normalized spacial score (nSPS) is 20.9. The molecule has 4 aromatic carbocycles. The van der Waals surface area contributed by atoms with Gasteiger partial charge >= 0.3 is 0 Å². The van der Waals surface area contributed by atoms with Crippen molar-refractivity contribution in [1.29, 1.82) is 0 Å². The molecule has 254 valence electrons. The van der Waals surface area contributed by atoms with Crippen molar-refractivity contribution in [2.45, 2.75) is 57.3 Å². The van der Waals surface area contributed by atoms with Crippen LogP contribution in [0.4, 0.5) is 11.4 Å². The standard InChI is InChI=1S/C41H40N4O5/c1-28(11-9-20-38(47)43-26-32-16-6-5-15-31(32)24-34(43)27-46)41(50)35-18-7-8-19-37(35)44(40(41)49)25-29-12-10-17-33(23-29)45-39(48)22-21-36(42-45)30-13-3-2-4-14-30/h2-19,23,28,34,46,50H,20-22,24-27H2,1H3/b11-9+/t28-,34+,41+/m1/s1. The summed E-state index contributed by atoms with van der Waals surface area (Å²) in [6.45, 7) is 2.26. The molecule has 9 heteroatoms. The predicted molar refractivity (Wildman–Crippen MR) is 192 cm³/mol. The van der Waals surface area contributed by atoms with Gasteiger partial charge in [0.15, 0.2) is 5.60 Å². The van der Waals surface area contributed by atoms with E-state index in [2.05, 4.69) is 0 Å². The lowest BCUT2D eigenvalue weighted by Crippen LogP contribution is -2.46. The first kappa shape index (κ1) is 33.1. The van der Waals surface area contributed by atoms with Crippen LogP contribution in [0.15, 0.2) is 120 Å². The summed E-state index contributed by atoms with van der Waals surface area (Å²) in [5.41, 5.74) is 4.67. The lowest BCUT2D eigenvalue weighted by atomic mass is 9.83. The van der Waals surface area contributed by atoms with E-state index in [1.54, 1.807) is 41.0 Å². The Bertz CT molecular complexity index is 1990. The maximum Gasteiger partial charge on any atom is 0.264 e. The molecule has 0 fully saturated rings. The molecule has 0 aliphatic carbocycles. The van der Waals surface area contributed by atoms with Gasteiger partial charge in [0.05, 0.1) is 36.3 Å². The number of hydrazone groups is 1. The molecule has 7 rings (SSSR count). The fourth-order valence-electron chi connectivity index (χ4n) is 7.29. The van der Waals surface area contributed by atoms with Crippen LogP contribution in [0.3, 0.4) is 0 Å². The van der Waals surface area contributed by atoms with Crippen molar-refractivity contribution < 1.29 is 24.6 Å². The number of hydrogen-bond donors (Lipinski definition) is 2. The van der Waals surface area contributed by atoms with Crippen molar-refractivity contribution in [3.63, 3.8) is 0 Å². The topological polar surface area (TPSA) is 114 Å². The number of para-hydroxylation sites is 1. The van der Waals surface area contributed by atoms with E-state index in [9.17, 15) is 24.6 Å². The molecule has 50 heavy (non-hydrogen) atoms. The van der Waals surface area contributed by atoms with Crippen LogP contribution in [0.2, 0.25) is 0 Å². The Kier molecular flexibility index (Phi) is 9.18. The number of aliphatic hydroxyl groups is 2. The number of fused-ring (bicyclic) bond motifs is 2. The van der Waals surface area contributed by atoms with E-state index < -0.39 is 17.4 Å². The summed E-state index contributed by atoms with van der Waals surface area (Å²) in [4.78, 5) is 43.8. The van der Waals surface area contributed by atoms with E-state index in [4.69, 9.17) is 5.10 Å². The summed E-state index contributed by atoms with van der Waals surface area (Å²) in [5, 5.41) is 28.3. The molecule has 3 aliphatic rings. The third kappa shape index (κ3) is 6.14. The van der Waals surface area contributed by atoms with Crippen LogP contribution in [0.25, 0.3) is 0 Å². The second kappa shape index (κ2) is 13.9. The molecule has 0 saturated carbocycles. The van der Waals surface area contributed by atoms with Crippen molar-refractivity contribution in [3.8, 4) is 0 Å². The number of nitrogens with zero attached hydrogens (tertiary/aromatic N) is 4. The van der Waals surface area contributed by atoms with Gasteiger partial charge in [-0.15, -0.1) is 0 Å². The van der Waals surface area contributed by atoms with Crippen LogP contribution in [-0.2, 0) is 39.5 Å². The van der Waals surface area contributed by atoms with Gasteiger partial charge in [-0.25, -0.2) is 5.01 Å². The zero-order chi connectivity index (χ0) is 34.8. The quantitative estimate of drug-likeness (QED) is 0.230. The molecule has 4 aromatic rings. The Hall–Kier alpha value is -5.38. The zero-order valence-electron chi connectivity index (χ0n) is 28.0. The number of benzene rings is 4. The van der Waals surface area contributed by atoms with Crippen LogP contribution in [0.5, 0.6) is 0 Å². The highest BCUT2D eigenvalue weighted by molar-refractivity contribution is 6.09. The highest BCUT2D eigenvalue weighted by atomic mass is 16.3. The molecule has 9 nitrogen and oxygen atoms in total. The number of carbonyl (C=O) groups excluding carboxylic acids is 3. The highest BCUT2D eigenvalue weighted by Crippen LogP contribution is 2.45. The lowest BCUT2D eigenvalue weighted by molar-refractivity contribution is -0.139. The zero-order valence-corrected chi connectivity index (χ0v) is 28.0. The molecular weight excluding hydrogens is 628 g/mol. The smallest absolute Gasteiger partial charge is 0.264 e. The third-order valence-electron chi connectivity index (χ3n) is 10.1. The molecule has 0 bridgehead atoms. The molecule has 0 spiro atoms. The minimum atomic E-state index is -1.84. The van der Waals surface area contributed by atoms with Gasteiger partial charge in [-0.1, -0.05) is 104 Å². The fourth-order valence-corrected chi connectivity index (χ4v) is 7.29. The molecule has 0 saturated heterocycles. The number of aliphatic hydroxyl groups excluding tert-OH is 1. The summed E-state index contributed by atoms with van der Waals surface area (Å²) in [6, 6.07) is 32.1. The Balaban J connectivity index is 1.08. The fraction of sp³-hybridized carbons (Fsp3) is 0.268. The molecular formula is C41H40N4O5.